The molecule has 0 radical (unpaired) electrons. The fourth-order valence-corrected chi connectivity index (χ4v) is 4.67. The number of nitrogens with zero attached hydrogens (tertiary/aromatic N) is 1. The van der Waals surface area contributed by atoms with Gasteiger partial charge in [0.2, 0.25) is 0 Å². The standard InChI is InChI=1S/C21H27N3O2S/c1-2-9-19(17-10-5-3-6-11-17)18-12-13-20(22)21(16-18)23-27(25,26)24-14-7-4-8-15-24/h3,5-6,9-13,16,23H,2,4,7-8,14-15,22H2,1H3. The summed E-state index contributed by atoms with van der Waals surface area (Å²) < 4.78 is 29.7. The number of hydrogen-bond acceptors (Lipinski definition) is 3. The number of piperidine rings is 1. The second-order valence-electron chi connectivity index (χ2n) is 6.76. The van der Waals surface area contributed by atoms with Crippen molar-refractivity contribution in [3.63, 3.8) is 0 Å². The van der Waals surface area contributed by atoms with Gasteiger partial charge in [-0.2, -0.15) is 12.7 Å². The zero-order chi connectivity index (χ0) is 19.3. The summed E-state index contributed by atoms with van der Waals surface area (Å²) >= 11 is 0. The predicted molar refractivity (Wildman–Crippen MR) is 113 cm³/mol. The molecule has 0 unspecified atom stereocenters. The number of anilines is 2. The SMILES string of the molecule is CCC=C(c1ccccc1)c1ccc(N)c(NS(=O)(=O)N2CCCCC2)c1. The number of allylic oxidation sites excluding steroid dienone is 1. The molecule has 0 saturated carbocycles. The van der Waals surface area contributed by atoms with E-state index in [1.807, 2.05) is 30.3 Å². The summed E-state index contributed by atoms with van der Waals surface area (Å²) in [6, 6.07) is 15.6. The quantitative estimate of drug-likeness (QED) is 0.730. The molecule has 0 aliphatic carbocycles. The Bertz CT molecular complexity index is 902. The number of rotatable bonds is 6. The molecule has 1 aliphatic rings. The van der Waals surface area contributed by atoms with Crippen LogP contribution >= 0.6 is 0 Å². The summed E-state index contributed by atoms with van der Waals surface area (Å²) in [5.74, 6) is 0. The van der Waals surface area contributed by atoms with Crippen molar-refractivity contribution in [3.8, 4) is 0 Å². The van der Waals surface area contributed by atoms with Crippen LogP contribution in [0.25, 0.3) is 5.57 Å². The van der Waals surface area contributed by atoms with Gasteiger partial charge >= 0.3 is 10.2 Å². The van der Waals surface area contributed by atoms with Crippen molar-refractivity contribution in [2.24, 2.45) is 0 Å². The lowest BCUT2D eigenvalue weighted by Gasteiger charge is -2.26. The van der Waals surface area contributed by atoms with Gasteiger partial charge in [-0.05, 0) is 48.1 Å². The summed E-state index contributed by atoms with van der Waals surface area (Å²) in [4.78, 5) is 0. The van der Waals surface area contributed by atoms with Crippen LogP contribution < -0.4 is 10.5 Å². The minimum atomic E-state index is -3.59. The molecule has 3 N–H and O–H groups in total. The van der Waals surface area contributed by atoms with Gasteiger partial charge in [0, 0.05) is 13.1 Å². The number of hydrogen-bond donors (Lipinski definition) is 2. The zero-order valence-corrected chi connectivity index (χ0v) is 16.5. The molecule has 0 atom stereocenters. The Kier molecular flexibility index (Phi) is 6.19. The Morgan fingerprint density at radius 3 is 2.44 bits per heavy atom. The Morgan fingerprint density at radius 2 is 1.78 bits per heavy atom. The molecule has 27 heavy (non-hydrogen) atoms. The maximum absolute atomic E-state index is 12.7. The van der Waals surface area contributed by atoms with E-state index in [4.69, 9.17) is 5.73 Å². The summed E-state index contributed by atoms with van der Waals surface area (Å²) in [6.07, 6.45) is 5.89. The Balaban J connectivity index is 1.93. The molecule has 1 fully saturated rings. The fourth-order valence-electron chi connectivity index (χ4n) is 3.35. The fraction of sp³-hybridized carbons (Fsp3) is 0.333. The Morgan fingerprint density at radius 1 is 1.07 bits per heavy atom. The van der Waals surface area contributed by atoms with Crippen LogP contribution in [0.1, 0.15) is 43.7 Å². The van der Waals surface area contributed by atoms with E-state index in [-0.39, 0.29) is 0 Å². The van der Waals surface area contributed by atoms with Crippen LogP contribution in [0.5, 0.6) is 0 Å². The van der Waals surface area contributed by atoms with E-state index in [2.05, 4.69) is 29.9 Å². The number of nitrogens with two attached hydrogens (primary N) is 1. The lowest BCUT2D eigenvalue weighted by atomic mass is 9.96. The van der Waals surface area contributed by atoms with E-state index in [1.54, 1.807) is 6.07 Å². The van der Waals surface area contributed by atoms with Gasteiger partial charge in [0.05, 0.1) is 11.4 Å². The Labute approximate surface area is 162 Å². The molecule has 0 spiro atoms. The zero-order valence-electron chi connectivity index (χ0n) is 15.7. The highest BCUT2D eigenvalue weighted by molar-refractivity contribution is 7.90. The van der Waals surface area contributed by atoms with Crippen LogP contribution in [0.15, 0.2) is 54.6 Å². The van der Waals surface area contributed by atoms with Crippen molar-refractivity contribution < 1.29 is 8.42 Å². The predicted octanol–water partition coefficient (Wildman–Crippen LogP) is 4.25. The van der Waals surface area contributed by atoms with Crippen LogP contribution in [0.4, 0.5) is 11.4 Å². The average Bonchev–Trinajstić information content (AvgIpc) is 2.69. The van der Waals surface area contributed by atoms with Crippen LogP contribution in [0.3, 0.4) is 0 Å². The molecule has 1 heterocycles. The van der Waals surface area contributed by atoms with Crippen molar-refractivity contribution >= 4 is 27.2 Å². The minimum absolute atomic E-state index is 0.420. The summed E-state index contributed by atoms with van der Waals surface area (Å²) in [7, 11) is -3.59. The van der Waals surface area contributed by atoms with E-state index in [1.165, 1.54) is 4.31 Å². The van der Waals surface area contributed by atoms with Crippen LogP contribution in [0.2, 0.25) is 0 Å². The van der Waals surface area contributed by atoms with Crippen LogP contribution in [0, 0.1) is 0 Å². The molecular formula is C21H27N3O2S. The molecule has 3 rings (SSSR count). The van der Waals surface area contributed by atoms with Crippen molar-refractivity contribution in [2.75, 3.05) is 23.5 Å². The lowest BCUT2D eigenvalue weighted by molar-refractivity contribution is 0.349. The van der Waals surface area contributed by atoms with Crippen molar-refractivity contribution in [1.29, 1.82) is 0 Å². The third-order valence-electron chi connectivity index (χ3n) is 4.75. The third kappa shape index (κ3) is 4.70. The van der Waals surface area contributed by atoms with Gasteiger partial charge in [-0.15, -0.1) is 0 Å². The van der Waals surface area contributed by atoms with E-state index in [0.717, 1.165) is 42.4 Å². The van der Waals surface area contributed by atoms with Crippen molar-refractivity contribution in [2.45, 2.75) is 32.6 Å². The number of benzene rings is 2. The maximum atomic E-state index is 12.7. The maximum Gasteiger partial charge on any atom is 0.301 e. The van der Waals surface area contributed by atoms with Gasteiger partial charge in [-0.3, -0.25) is 4.72 Å². The molecule has 6 heteroatoms. The van der Waals surface area contributed by atoms with Gasteiger partial charge in [-0.25, -0.2) is 0 Å². The normalized spacial score (nSPS) is 16.3. The highest BCUT2D eigenvalue weighted by Gasteiger charge is 2.24. The molecule has 0 bridgehead atoms. The summed E-state index contributed by atoms with van der Waals surface area (Å²) in [5, 5.41) is 0. The Hall–Kier alpha value is -2.31. The van der Waals surface area contributed by atoms with Crippen molar-refractivity contribution in [1.82, 2.24) is 4.31 Å². The highest BCUT2D eigenvalue weighted by atomic mass is 32.2. The van der Waals surface area contributed by atoms with E-state index in [9.17, 15) is 8.42 Å². The summed E-state index contributed by atoms with van der Waals surface area (Å²) in [5.41, 5.74) is 10.0. The average molecular weight is 386 g/mol. The third-order valence-corrected chi connectivity index (χ3v) is 6.27. The van der Waals surface area contributed by atoms with Gasteiger partial charge < -0.3 is 5.73 Å². The molecule has 1 saturated heterocycles. The number of nitrogens with one attached hydrogen (secondary N) is 1. The first-order valence-electron chi connectivity index (χ1n) is 9.44. The van der Waals surface area contributed by atoms with Crippen LogP contribution in [-0.2, 0) is 10.2 Å². The van der Waals surface area contributed by atoms with Crippen molar-refractivity contribution in [3.05, 3.63) is 65.7 Å². The number of nitrogen functional groups attached to an aromatic ring is 1. The van der Waals surface area contributed by atoms with E-state index in [0.29, 0.717) is 24.5 Å². The monoisotopic (exact) mass is 385 g/mol. The van der Waals surface area contributed by atoms with Crippen LogP contribution in [-0.4, -0.2) is 25.8 Å². The first kappa shape index (κ1) is 19.5. The molecule has 144 valence electrons. The largest absolute Gasteiger partial charge is 0.397 e. The second kappa shape index (κ2) is 8.59. The lowest BCUT2D eigenvalue weighted by Crippen LogP contribution is -2.39. The van der Waals surface area contributed by atoms with Gasteiger partial charge in [0.15, 0.2) is 0 Å². The highest BCUT2D eigenvalue weighted by Crippen LogP contribution is 2.30. The van der Waals surface area contributed by atoms with Gasteiger partial charge in [0.25, 0.3) is 0 Å². The molecule has 0 aromatic heterocycles. The molecule has 2 aromatic rings. The molecule has 5 nitrogen and oxygen atoms in total. The smallest absolute Gasteiger partial charge is 0.301 e. The second-order valence-corrected chi connectivity index (χ2v) is 8.43. The molecular weight excluding hydrogens is 358 g/mol. The van der Waals surface area contributed by atoms with E-state index < -0.39 is 10.2 Å². The van der Waals surface area contributed by atoms with E-state index >= 15 is 0 Å². The molecule has 2 aromatic carbocycles. The minimum Gasteiger partial charge on any atom is -0.397 e. The topological polar surface area (TPSA) is 75.4 Å². The molecule has 1 aliphatic heterocycles. The first-order valence-corrected chi connectivity index (χ1v) is 10.9. The molecule has 0 amide bonds. The first-order chi connectivity index (χ1) is 13.0. The van der Waals surface area contributed by atoms with Gasteiger partial charge in [0.1, 0.15) is 0 Å². The summed E-state index contributed by atoms with van der Waals surface area (Å²) in [6.45, 7) is 3.19. The van der Waals surface area contributed by atoms with Gasteiger partial charge in [-0.1, -0.05) is 55.8 Å².